The maximum absolute atomic E-state index is 9.60. The van der Waals surface area contributed by atoms with Crippen LogP contribution in [0.2, 0.25) is 0 Å². The standard InChI is InChI=1S/C16H23N3O2S2/c1-5-22-15-18-13(17-7-9(2)20)12-10-6-16(3,4)21-8-11(10)23-14(12)19-15/h9,20H,5-8H2,1-4H3,(H,17,18,19)/t9-/m0/s1. The number of nitrogens with one attached hydrogen (secondary N) is 1. The van der Waals surface area contributed by atoms with Crippen molar-refractivity contribution in [1.29, 1.82) is 0 Å². The first-order valence-corrected chi connectivity index (χ1v) is 9.71. The number of hydrogen-bond acceptors (Lipinski definition) is 7. The summed E-state index contributed by atoms with van der Waals surface area (Å²) >= 11 is 3.33. The average Bonchev–Trinajstić information content (AvgIpc) is 2.81. The second-order valence-electron chi connectivity index (χ2n) is 6.43. The minimum Gasteiger partial charge on any atom is -0.392 e. The van der Waals surface area contributed by atoms with Gasteiger partial charge in [0.1, 0.15) is 10.6 Å². The summed E-state index contributed by atoms with van der Waals surface area (Å²) in [7, 11) is 0. The van der Waals surface area contributed by atoms with Gasteiger partial charge in [0.05, 0.1) is 23.7 Å². The summed E-state index contributed by atoms with van der Waals surface area (Å²) in [5.41, 5.74) is 1.13. The first kappa shape index (κ1) is 17.0. The average molecular weight is 354 g/mol. The number of aliphatic hydroxyl groups excluding tert-OH is 1. The quantitative estimate of drug-likeness (QED) is 0.634. The molecule has 0 saturated heterocycles. The van der Waals surface area contributed by atoms with Gasteiger partial charge >= 0.3 is 0 Å². The van der Waals surface area contributed by atoms with Crippen molar-refractivity contribution >= 4 is 39.1 Å². The van der Waals surface area contributed by atoms with E-state index in [-0.39, 0.29) is 5.60 Å². The van der Waals surface area contributed by atoms with E-state index in [4.69, 9.17) is 9.72 Å². The Morgan fingerprint density at radius 1 is 1.43 bits per heavy atom. The Bertz CT molecular complexity index is 713. The Morgan fingerprint density at radius 2 is 2.22 bits per heavy atom. The summed E-state index contributed by atoms with van der Waals surface area (Å²) < 4.78 is 5.93. The van der Waals surface area contributed by atoms with Crippen LogP contribution < -0.4 is 5.32 Å². The van der Waals surface area contributed by atoms with Crippen LogP contribution in [0, 0.1) is 0 Å². The number of fused-ring (bicyclic) bond motifs is 3. The molecule has 0 amide bonds. The van der Waals surface area contributed by atoms with Crippen LogP contribution in [0.3, 0.4) is 0 Å². The van der Waals surface area contributed by atoms with E-state index in [1.165, 1.54) is 10.4 Å². The zero-order valence-electron chi connectivity index (χ0n) is 14.0. The fraction of sp³-hybridized carbons (Fsp3) is 0.625. The second kappa shape index (κ2) is 6.55. The van der Waals surface area contributed by atoms with Crippen LogP contribution in [0.5, 0.6) is 0 Å². The Balaban J connectivity index is 2.10. The van der Waals surface area contributed by atoms with E-state index in [0.29, 0.717) is 13.2 Å². The molecule has 126 valence electrons. The highest BCUT2D eigenvalue weighted by Gasteiger charge is 2.31. The van der Waals surface area contributed by atoms with Crippen molar-refractivity contribution in [3.8, 4) is 0 Å². The first-order chi connectivity index (χ1) is 10.9. The number of ether oxygens (including phenoxy) is 1. The summed E-state index contributed by atoms with van der Waals surface area (Å²) in [6, 6.07) is 0. The van der Waals surface area contributed by atoms with Crippen molar-refractivity contribution in [2.24, 2.45) is 0 Å². The van der Waals surface area contributed by atoms with Gasteiger partial charge in [-0.1, -0.05) is 18.7 Å². The molecule has 0 aromatic carbocycles. The van der Waals surface area contributed by atoms with Gasteiger partial charge < -0.3 is 15.2 Å². The Morgan fingerprint density at radius 3 is 2.91 bits per heavy atom. The van der Waals surface area contributed by atoms with Crippen LogP contribution in [-0.2, 0) is 17.8 Å². The topological polar surface area (TPSA) is 67.3 Å². The van der Waals surface area contributed by atoms with E-state index >= 15 is 0 Å². The van der Waals surface area contributed by atoms with E-state index in [1.807, 2.05) is 0 Å². The number of thiophene rings is 1. The van der Waals surface area contributed by atoms with Crippen LogP contribution in [0.4, 0.5) is 5.82 Å². The molecule has 0 radical (unpaired) electrons. The van der Waals surface area contributed by atoms with E-state index in [2.05, 4.69) is 31.1 Å². The molecule has 1 atom stereocenters. The van der Waals surface area contributed by atoms with E-state index in [1.54, 1.807) is 30.0 Å². The van der Waals surface area contributed by atoms with E-state index < -0.39 is 6.10 Å². The monoisotopic (exact) mass is 353 g/mol. The van der Waals surface area contributed by atoms with Crippen molar-refractivity contribution in [1.82, 2.24) is 9.97 Å². The Kier molecular flexibility index (Phi) is 4.83. The minimum absolute atomic E-state index is 0.167. The largest absolute Gasteiger partial charge is 0.392 e. The predicted molar refractivity (Wildman–Crippen MR) is 96.6 cm³/mol. The van der Waals surface area contributed by atoms with E-state index in [9.17, 15) is 5.11 Å². The SMILES string of the molecule is CCSc1nc(NC[C@H](C)O)c2c3c(sc2n1)COC(C)(C)C3. The van der Waals surface area contributed by atoms with Crippen LogP contribution in [0.15, 0.2) is 5.16 Å². The molecule has 2 N–H and O–H groups in total. The van der Waals surface area contributed by atoms with Crippen LogP contribution in [-0.4, -0.2) is 39.1 Å². The highest BCUT2D eigenvalue weighted by atomic mass is 32.2. The third-order valence-corrected chi connectivity index (χ3v) is 5.58. The third kappa shape index (κ3) is 3.63. The molecule has 0 bridgehead atoms. The predicted octanol–water partition coefficient (Wildman–Crippen LogP) is 3.45. The maximum Gasteiger partial charge on any atom is 0.190 e. The lowest BCUT2D eigenvalue weighted by Gasteiger charge is -2.30. The molecule has 1 aliphatic rings. The molecule has 5 nitrogen and oxygen atoms in total. The van der Waals surface area contributed by atoms with Crippen molar-refractivity contribution in [2.45, 2.75) is 57.6 Å². The van der Waals surface area contributed by atoms with Crippen LogP contribution in [0.25, 0.3) is 10.2 Å². The first-order valence-electron chi connectivity index (χ1n) is 7.90. The highest BCUT2D eigenvalue weighted by molar-refractivity contribution is 7.99. The number of aromatic nitrogens is 2. The van der Waals surface area contributed by atoms with Crippen molar-refractivity contribution in [2.75, 3.05) is 17.6 Å². The molecule has 23 heavy (non-hydrogen) atoms. The maximum atomic E-state index is 9.60. The van der Waals surface area contributed by atoms with Crippen molar-refractivity contribution in [3.05, 3.63) is 10.4 Å². The van der Waals surface area contributed by atoms with Crippen LogP contribution in [0.1, 0.15) is 38.1 Å². The van der Waals surface area contributed by atoms with Gasteiger partial charge in [0, 0.05) is 17.8 Å². The molecule has 3 rings (SSSR count). The molecule has 1 aliphatic heterocycles. The molecule has 0 saturated carbocycles. The van der Waals surface area contributed by atoms with Gasteiger partial charge in [0.2, 0.25) is 0 Å². The van der Waals surface area contributed by atoms with Gasteiger partial charge in [-0.25, -0.2) is 9.97 Å². The van der Waals surface area contributed by atoms with Gasteiger partial charge in [0.25, 0.3) is 0 Å². The zero-order chi connectivity index (χ0) is 16.6. The van der Waals surface area contributed by atoms with Crippen LogP contribution >= 0.6 is 23.1 Å². The minimum atomic E-state index is -0.420. The molecular formula is C16H23N3O2S2. The molecule has 7 heteroatoms. The molecule has 0 aliphatic carbocycles. The Hall–Kier alpha value is -0.890. The fourth-order valence-electron chi connectivity index (χ4n) is 2.69. The number of nitrogens with zero attached hydrogens (tertiary/aromatic N) is 2. The number of thioether (sulfide) groups is 1. The summed E-state index contributed by atoms with van der Waals surface area (Å²) in [6.45, 7) is 9.21. The molecule has 0 unspecified atom stereocenters. The smallest absolute Gasteiger partial charge is 0.190 e. The highest BCUT2D eigenvalue weighted by Crippen LogP contribution is 2.41. The van der Waals surface area contributed by atoms with E-state index in [0.717, 1.165) is 33.4 Å². The van der Waals surface area contributed by atoms with Gasteiger partial charge in [-0.2, -0.15) is 0 Å². The molecular weight excluding hydrogens is 330 g/mol. The number of hydrogen-bond donors (Lipinski definition) is 2. The zero-order valence-corrected chi connectivity index (χ0v) is 15.6. The number of anilines is 1. The second-order valence-corrected chi connectivity index (χ2v) is 8.74. The Labute approximate surface area is 144 Å². The lowest BCUT2D eigenvalue weighted by molar-refractivity contribution is -0.0379. The van der Waals surface area contributed by atoms with Gasteiger partial charge in [-0.15, -0.1) is 11.3 Å². The normalized spacial score (nSPS) is 18.0. The fourth-order valence-corrected chi connectivity index (χ4v) is 4.42. The van der Waals surface area contributed by atoms with Gasteiger partial charge in [-0.05, 0) is 32.1 Å². The molecule has 0 spiro atoms. The van der Waals surface area contributed by atoms with Gasteiger partial charge in [0.15, 0.2) is 5.16 Å². The molecule has 0 fully saturated rings. The van der Waals surface area contributed by atoms with Gasteiger partial charge in [-0.3, -0.25) is 0 Å². The lowest BCUT2D eigenvalue weighted by atomic mass is 9.94. The molecule has 3 heterocycles. The molecule has 2 aromatic heterocycles. The summed E-state index contributed by atoms with van der Waals surface area (Å²) in [5, 5.41) is 14.8. The number of aliphatic hydroxyl groups is 1. The molecule has 2 aromatic rings. The summed E-state index contributed by atoms with van der Waals surface area (Å²) in [6.07, 6.45) is 0.437. The van der Waals surface area contributed by atoms with Crippen molar-refractivity contribution in [3.63, 3.8) is 0 Å². The lowest BCUT2D eigenvalue weighted by Crippen LogP contribution is -2.31. The third-order valence-electron chi connectivity index (χ3n) is 3.75. The summed E-state index contributed by atoms with van der Waals surface area (Å²) in [5.74, 6) is 1.77. The van der Waals surface area contributed by atoms with Crippen molar-refractivity contribution < 1.29 is 9.84 Å². The number of rotatable bonds is 5. The summed E-state index contributed by atoms with van der Waals surface area (Å²) in [4.78, 5) is 11.7.